The van der Waals surface area contributed by atoms with E-state index in [1.807, 2.05) is 20.9 Å². The summed E-state index contributed by atoms with van der Waals surface area (Å²) in [6.45, 7) is 7.56. The highest BCUT2D eigenvalue weighted by atomic mass is 32.1. The van der Waals surface area contributed by atoms with E-state index in [0.717, 1.165) is 22.6 Å². The molecule has 9 heteroatoms. The molecule has 2 heterocycles. The maximum Gasteiger partial charge on any atom is 0.348 e. The van der Waals surface area contributed by atoms with Crippen molar-refractivity contribution in [2.75, 3.05) is 18.5 Å². The molecule has 0 saturated heterocycles. The number of ether oxygens (including phenoxy) is 2. The maximum absolute atomic E-state index is 12.5. The van der Waals surface area contributed by atoms with Crippen LogP contribution in [0.5, 0.6) is 0 Å². The van der Waals surface area contributed by atoms with E-state index in [0.29, 0.717) is 12.0 Å². The van der Waals surface area contributed by atoms with Crippen LogP contribution in [0, 0.1) is 13.8 Å². The molecule has 2 aromatic heterocycles. The lowest BCUT2D eigenvalue weighted by molar-refractivity contribution is -0.111. The molecule has 0 spiro atoms. The van der Waals surface area contributed by atoms with Gasteiger partial charge in [0.2, 0.25) is 5.91 Å². The standard InChI is InChI=1S/C20H25N3O5S/c1-6-10-28-19(25)16-12(3)17(20(26)27-7-2)29-18(16)22-15(24)9-8-14-11-21-23(5)13(14)4/h8-9,11H,6-7,10H2,1-5H3,(H,22,24)/b9-8+. The molecule has 0 aliphatic rings. The van der Waals surface area contributed by atoms with Gasteiger partial charge in [0.05, 0.1) is 25.0 Å². The SMILES string of the molecule is CCCOC(=O)c1c(NC(=O)/C=C/c2cnn(C)c2C)sc(C(=O)OCC)c1C. The van der Waals surface area contributed by atoms with Crippen molar-refractivity contribution in [1.29, 1.82) is 0 Å². The van der Waals surface area contributed by atoms with E-state index in [2.05, 4.69) is 10.4 Å². The lowest BCUT2D eigenvalue weighted by Gasteiger charge is -2.06. The molecule has 1 amide bonds. The highest BCUT2D eigenvalue weighted by Crippen LogP contribution is 2.34. The minimum Gasteiger partial charge on any atom is -0.462 e. The fourth-order valence-corrected chi connectivity index (χ4v) is 3.60. The fraction of sp³-hybridized carbons (Fsp3) is 0.400. The molecule has 0 aromatic carbocycles. The molecule has 1 N–H and O–H groups in total. The Morgan fingerprint density at radius 1 is 1.21 bits per heavy atom. The summed E-state index contributed by atoms with van der Waals surface area (Å²) in [6, 6.07) is 0. The molecule has 0 saturated carbocycles. The van der Waals surface area contributed by atoms with Crippen LogP contribution in [-0.2, 0) is 21.3 Å². The summed E-state index contributed by atoms with van der Waals surface area (Å²) in [5.41, 5.74) is 2.32. The summed E-state index contributed by atoms with van der Waals surface area (Å²) in [4.78, 5) is 37.4. The quantitative estimate of drug-likeness (QED) is 0.519. The Morgan fingerprint density at radius 3 is 2.52 bits per heavy atom. The molecule has 0 radical (unpaired) electrons. The second-order valence-corrected chi connectivity index (χ2v) is 7.27. The Hall–Kier alpha value is -2.94. The molecule has 0 aliphatic carbocycles. The van der Waals surface area contributed by atoms with Gasteiger partial charge in [-0.05, 0) is 38.8 Å². The number of carbonyl (C=O) groups is 3. The van der Waals surface area contributed by atoms with Crippen molar-refractivity contribution in [3.8, 4) is 0 Å². The Bertz CT molecular complexity index is 942. The first-order chi connectivity index (χ1) is 13.8. The normalized spacial score (nSPS) is 10.9. The lowest BCUT2D eigenvalue weighted by atomic mass is 10.1. The first-order valence-corrected chi connectivity index (χ1v) is 10.1. The van der Waals surface area contributed by atoms with Gasteiger partial charge >= 0.3 is 11.9 Å². The van der Waals surface area contributed by atoms with Crippen molar-refractivity contribution >= 4 is 40.3 Å². The first kappa shape index (κ1) is 22.4. The van der Waals surface area contributed by atoms with E-state index in [9.17, 15) is 14.4 Å². The van der Waals surface area contributed by atoms with Crippen LogP contribution in [0.4, 0.5) is 5.00 Å². The molecule has 0 unspecified atom stereocenters. The predicted octanol–water partition coefficient (Wildman–Crippen LogP) is 3.49. The molecular formula is C20H25N3O5S. The molecule has 29 heavy (non-hydrogen) atoms. The van der Waals surface area contributed by atoms with E-state index in [1.54, 1.807) is 30.8 Å². The van der Waals surface area contributed by atoms with Crippen LogP contribution in [0.25, 0.3) is 6.08 Å². The number of anilines is 1. The van der Waals surface area contributed by atoms with Gasteiger partial charge in [-0.15, -0.1) is 11.3 Å². The summed E-state index contributed by atoms with van der Waals surface area (Å²) in [5, 5.41) is 7.05. The number of aryl methyl sites for hydroxylation is 1. The molecule has 8 nitrogen and oxygen atoms in total. The Labute approximate surface area is 173 Å². The lowest BCUT2D eigenvalue weighted by Crippen LogP contribution is -2.13. The number of hydrogen-bond acceptors (Lipinski definition) is 7. The third-order valence-corrected chi connectivity index (χ3v) is 5.36. The van der Waals surface area contributed by atoms with Gasteiger partial charge in [0, 0.05) is 24.4 Å². The Morgan fingerprint density at radius 2 is 1.93 bits per heavy atom. The monoisotopic (exact) mass is 419 g/mol. The number of amides is 1. The topological polar surface area (TPSA) is 99.5 Å². The van der Waals surface area contributed by atoms with E-state index in [-0.39, 0.29) is 28.7 Å². The van der Waals surface area contributed by atoms with E-state index >= 15 is 0 Å². The Kier molecular flexibility index (Phi) is 7.72. The maximum atomic E-state index is 12.5. The third kappa shape index (κ3) is 5.32. The highest BCUT2D eigenvalue weighted by Gasteiger charge is 2.27. The minimum atomic E-state index is -0.585. The van der Waals surface area contributed by atoms with Gasteiger partial charge in [-0.25, -0.2) is 9.59 Å². The van der Waals surface area contributed by atoms with Crippen LogP contribution >= 0.6 is 11.3 Å². The van der Waals surface area contributed by atoms with Crippen LogP contribution in [0.3, 0.4) is 0 Å². The molecule has 0 fully saturated rings. The number of esters is 2. The van der Waals surface area contributed by atoms with Gasteiger partial charge in [-0.2, -0.15) is 5.10 Å². The van der Waals surface area contributed by atoms with Crippen molar-refractivity contribution in [1.82, 2.24) is 9.78 Å². The summed E-state index contributed by atoms with van der Waals surface area (Å²) in [6.07, 6.45) is 5.30. The predicted molar refractivity (Wildman–Crippen MR) is 111 cm³/mol. The average Bonchev–Trinajstić information content (AvgIpc) is 3.17. The number of nitrogens with one attached hydrogen (secondary N) is 1. The van der Waals surface area contributed by atoms with Crippen LogP contribution in [-0.4, -0.2) is 40.8 Å². The van der Waals surface area contributed by atoms with Gasteiger partial charge in [0.15, 0.2) is 0 Å². The van der Waals surface area contributed by atoms with Crippen LogP contribution in [0.2, 0.25) is 0 Å². The van der Waals surface area contributed by atoms with Gasteiger partial charge in [0.25, 0.3) is 0 Å². The molecule has 0 atom stereocenters. The van der Waals surface area contributed by atoms with Gasteiger partial charge in [-0.1, -0.05) is 6.92 Å². The number of nitrogens with zero attached hydrogens (tertiary/aromatic N) is 2. The van der Waals surface area contributed by atoms with Crippen molar-refractivity contribution < 1.29 is 23.9 Å². The van der Waals surface area contributed by atoms with Crippen LogP contribution < -0.4 is 5.32 Å². The fourth-order valence-electron chi connectivity index (χ4n) is 2.50. The van der Waals surface area contributed by atoms with E-state index < -0.39 is 17.8 Å². The van der Waals surface area contributed by atoms with Crippen LogP contribution in [0.1, 0.15) is 57.1 Å². The molecule has 0 aliphatic heterocycles. The highest BCUT2D eigenvalue weighted by molar-refractivity contribution is 7.18. The smallest absolute Gasteiger partial charge is 0.348 e. The molecule has 2 aromatic rings. The van der Waals surface area contributed by atoms with Gasteiger partial charge in [-0.3, -0.25) is 9.48 Å². The molecule has 2 rings (SSSR count). The number of carbonyl (C=O) groups excluding carboxylic acids is 3. The summed E-state index contributed by atoms with van der Waals surface area (Å²) < 4.78 is 12.0. The van der Waals surface area contributed by atoms with Crippen molar-refractivity contribution in [2.24, 2.45) is 7.05 Å². The summed E-state index contributed by atoms with van der Waals surface area (Å²) in [5.74, 6) is -1.56. The van der Waals surface area contributed by atoms with E-state index in [1.165, 1.54) is 6.08 Å². The number of aromatic nitrogens is 2. The van der Waals surface area contributed by atoms with Crippen LogP contribution in [0.15, 0.2) is 12.3 Å². The number of thiophene rings is 1. The Balaban J connectivity index is 2.30. The largest absolute Gasteiger partial charge is 0.462 e. The zero-order chi connectivity index (χ0) is 21.6. The van der Waals surface area contributed by atoms with Crippen molar-refractivity contribution in [2.45, 2.75) is 34.1 Å². The van der Waals surface area contributed by atoms with Gasteiger partial charge < -0.3 is 14.8 Å². The summed E-state index contributed by atoms with van der Waals surface area (Å²) in [7, 11) is 1.81. The first-order valence-electron chi connectivity index (χ1n) is 9.25. The third-order valence-electron chi connectivity index (χ3n) is 4.17. The molecule has 156 valence electrons. The second kappa shape index (κ2) is 10.0. The van der Waals surface area contributed by atoms with Crippen molar-refractivity contribution in [3.05, 3.63) is 39.5 Å². The zero-order valence-corrected chi connectivity index (χ0v) is 18.0. The average molecular weight is 420 g/mol. The summed E-state index contributed by atoms with van der Waals surface area (Å²) >= 11 is 0.996. The molecule has 0 bridgehead atoms. The number of hydrogen-bond donors (Lipinski definition) is 1. The van der Waals surface area contributed by atoms with Gasteiger partial charge in [0.1, 0.15) is 9.88 Å². The molecular weight excluding hydrogens is 394 g/mol. The zero-order valence-electron chi connectivity index (χ0n) is 17.2. The second-order valence-electron chi connectivity index (χ2n) is 6.25. The van der Waals surface area contributed by atoms with Crippen molar-refractivity contribution in [3.63, 3.8) is 0 Å². The minimum absolute atomic E-state index is 0.172. The number of rotatable bonds is 8. The van der Waals surface area contributed by atoms with E-state index in [4.69, 9.17) is 9.47 Å².